The molecule has 0 aliphatic rings. The van der Waals surface area contributed by atoms with Crippen LogP contribution in [0.5, 0.6) is 0 Å². The Balaban J connectivity index is 3.14. The van der Waals surface area contributed by atoms with Crippen LogP contribution in [0.3, 0.4) is 0 Å². The first-order valence-electron chi connectivity index (χ1n) is 6.56. The second kappa shape index (κ2) is 7.10. The van der Waals surface area contributed by atoms with E-state index >= 15 is 0 Å². The molecule has 0 fully saturated rings. The number of nitrogens with two attached hydrogens (primary N) is 1. The number of hydrogen-bond donors (Lipinski definition) is 2. The largest absolute Gasteiger partial charge is 0.443 e. The van der Waals surface area contributed by atoms with Crippen molar-refractivity contribution >= 4 is 17.9 Å². The lowest BCUT2D eigenvalue weighted by Gasteiger charge is -2.26. The molecule has 0 aromatic carbocycles. The highest BCUT2D eigenvalue weighted by atomic mass is 16.6. The first-order valence-corrected chi connectivity index (χ1v) is 6.56. The molecule has 1 heterocycles. The predicted octanol–water partition coefficient (Wildman–Crippen LogP) is 0.305. The number of pyridine rings is 1. The van der Waals surface area contributed by atoms with E-state index in [4.69, 9.17) is 15.6 Å². The number of carbonyl (C=O) groups excluding carboxylic acids is 3. The van der Waals surface area contributed by atoms with Crippen LogP contribution in [-0.4, -0.2) is 51.1 Å². The summed E-state index contributed by atoms with van der Waals surface area (Å²) in [7, 11) is 0. The van der Waals surface area contributed by atoms with Gasteiger partial charge in [-0.3, -0.25) is 14.6 Å². The maximum absolute atomic E-state index is 12.3. The van der Waals surface area contributed by atoms with Gasteiger partial charge in [-0.05, 0) is 32.9 Å². The predicted molar refractivity (Wildman–Crippen MR) is 76.7 cm³/mol. The highest BCUT2D eigenvalue weighted by Gasteiger charge is 2.36. The highest BCUT2D eigenvalue weighted by Crippen LogP contribution is 2.13. The summed E-state index contributed by atoms with van der Waals surface area (Å²) in [5, 5.41) is 8.97. The molecule has 0 spiro atoms. The van der Waals surface area contributed by atoms with E-state index in [-0.39, 0.29) is 10.6 Å². The molecule has 0 saturated heterocycles. The number of hydrogen-bond acceptors (Lipinski definition) is 7. The van der Waals surface area contributed by atoms with Crippen LogP contribution in [0.1, 0.15) is 31.3 Å². The quantitative estimate of drug-likeness (QED) is 0.823. The molecule has 3 N–H and O–H groups in total. The van der Waals surface area contributed by atoms with Gasteiger partial charge in [0.15, 0.2) is 0 Å². The first-order chi connectivity index (χ1) is 10.2. The Bertz CT molecular complexity index is 553. The van der Waals surface area contributed by atoms with Crippen molar-refractivity contribution in [3.8, 4) is 0 Å². The van der Waals surface area contributed by atoms with Crippen molar-refractivity contribution in [2.75, 3.05) is 6.61 Å². The minimum Gasteiger partial charge on any atom is -0.443 e. The van der Waals surface area contributed by atoms with Gasteiger partial charge >= 0.3 is 6.09 Å². The Labute approximate surface area is 127 Å². The summed E-state index contributed by atoms with van der Waals surface area (Å²) < 4.78 is 5.04. The first kappa shape index (κ1) is 17.7. The van der Waals surface area contributed by atoms with Crippen molar-refractivity contribution in [2.24, 2.45) is 5.73 Å². The van der Waals surface area contributed by atoms with Gasteiger partial charge in [0, 0.05) is 6.20 Å². The molecule has 120 valence electrons. The lowest BCUT2D eigenvalue weighted by Crippen LogP contribution is -2.52. The Morgan fingerprint density at radius 2 is 2.00 bits per heavy atom. The zero-order chi connectivity index (χ0) is 16.9. The fourth-order valence-corrected chi connectivity index (χ4v) is 1.43. The van der Waals surface area contributed by atoms with Crippen molar-refractivity contribution in [1.29, 1.82) is 0 Å². The van der Waals surface area contributed by atoms with E-state index in [0.29, 0.717) is 0 Å². The van der Waals surface area contributed by atoms with Crippen molar-refractivity contribution in [1.82, 2.24) is 9.88 Å². The third-order valence-electron chi connectivity index (χ3n) is 2.40. The van der Waals surface area contributed by atoms with E-state index < -0.39 is 36.2 Å². The second-order valence-electron chi connectivity index (χ2n) is 5.46. The summed E-state index contributed by atoms with van der Waals surface area (Å²) in [6, 6.07) is 3.04. The molecule has 1 rings (SSSR count). The summed E-state index contributed by atoms with van der Waals surface area (Å²) in [5.74, 6) is -2.03. The Hall–Kier alpha value is -2.32. The molecule has 0 bridgehead atoms. The summed E-state index contributed by atoms with van der Waals surface area (Å²) >= 11 is 0. The Morgan fingerprint density at radius 1 is 1.36 bits per heavy atom. The van der Waals surface area contributed by atoms with Gasteiger partial charge in [0.05, 0.1) is 6.61 Å². The number of nitrogens with zero attached hydrogens (tertiary/aromatic N) is 2. The minimum absolute atomic E-state index is 0.119. The molecule has 1 aromatic heterocycles. The van der Waals surface area contributed by atoms with E-state index in [1.165, 1.54) is 18.3 Å². The molecular weight excluding hydrogens is 290 g/mol. The molecule has 8 nitrogen and oxygen atoms in total. The van der Waals surface area contributed by atoms with Crippen molar-refractivity contribution < 1.29 is 24.2 Å². The number of amides is 3. The standard InChI is InChI=1S/C14H19N3O5/c1-14(2,3)22-13(21)17(11(19)9(15)8-18)12(20)10-6-4-5-7-16-10/h4-7,9,18H,8,15H2,1-3H3/t9-/m0/s1. The van der Waals surface area contributed by atoms with Gasteiger partial charge < -0.3 is 15.6 Å². The van der Waals surface area contributed by atoms with Crippen molar-refractivity contribution in [2.45, 2.75) is 32.4 Å². The molecule has 1 aromatic rings. The number of aliphatic hydroxyl groups is 1. The third kappa shape index (κ3) is 4.61. The van der Waals surface area contributed by atoms with Crippen LogP contribution in [0.2, 0.25) is 0 Å². The summed E-state index contributed by atoms with van der Waals surface area (Å²) in [4.78, 5) is 40.6. The monoisotopic (exact) mass is 309 g/mol. The van der Waals surface area contributed by atoms with Crippen LogP contribution in [0.25, 0.3) is 0 Å². The van der Waals surface area contributed by atoms with Gasteiger partial charge in [0.1, 0.15) is 17.3 Å². The second-order valence-corrected chi connectivity index (χ2v) is 5.46. The number of imide groups is 3. The molecule has 0 aliphatic carbocycles. The highest BCUT2D eigenvalue weighted by molar-refractivity contribution is 6.15. The zero-order valence-electron chi connectivity index (χ0n) is 12.6. The number of aliphatic hydroxyl groups excluding tert-OH is 1. The molecule has 3 amide bonds. The number of carbonyl (C=O) groups is 3. The molecule has 0 saturated carbocycles. The van der Waals surface area contributed by atoms with Gasteiger partial charge in [-0.25, -0.2) is 4.79 Å². The van der Waals surface area contributed by atoms with Gasteiger partial charge in [-0.2, -0.15) is 4.90 Å². The topological polar surface area (TPSA) is 123 Å². The lowest BCUT2D eigenvalue weighted by molar-refractivity contribution is -0.130. The van der Waals surface area contributed by atoms with E-state index in [0.717, 1.165) is 0 Å². The minimum atomic E-state index is -1.42. The van der Waals surface area contributed by atoms with Crippen molar-refractivity contribution in [3.63, 3.8) is 0 Å². The molecule has 1 atom stereocenters. The van der Waals surface area contributed by atoms with E-state index in [9.17, 15) is 14.4 Å². The third-order valence-corrected chi connectivity index (χ3v) is 2.40. The molecule has 8 heteroatoms. The molecule has 0 radical (unpaired) electrons. The SMILES string of the molecule is CC(C)(C)OC(=O)N(C(=O)c1ccccn1)C(=O)[C@@H](N)CO. The van der Waals surface area contributed by atoms with Crippen molar-refractivity contribution in [3.05, 3.63) is 30.1 Å². The van der Waals surface area contributed by atoms with Crippen LogP contribution in [0.4, 0.5) is 4.79 Å². The van der Waals surface area contributed by atoms with Crippen LogP contribution in [0, 0.1) is 0 Å². The zero-order valence-corrected chi connectivity index (χ0v) is 12.6. The number of aromatic nitrogens is 1. The molecule has 0 aliphatic heterocycles. The number of rotatable bonds is 3. The normalized spacial score (nSPS) is 12.4. The van der Waals surface area contributed by atoms with Crippen LogP contribution >= 0.6 is 0 Å². The van der Waals surface area contributed by atoms with Gasteiger partial charge in [0.25, 0.3) is 11.8 Å². The summed E-state index contributed by atoms with van der Waals surface area (Å²) in [6.45, 7) is 4.05. The van der Waals surface area contributed by atoms with E-state index in [2.05, 4.69) is 4.98 Å². The lowest BCUT2D eigenvalue weighted by atomic mass is 10.2. The van der Waals surface area contributed by atoms with Gasteiger partial charge in [-0.15, -0.1) is 0 Å². The van der Waals surface area contributed by atoms with Crippen LogP contribution < -0.4 is 5.73 Å². The van der Waals surface area contributed by atoms with Gasteiger partial charge in [0.2, 0.25) is 0 Å². The Morgan fingerprint density at radius 3 is 2.45 bits per heavy atom. The smallest absolute Gasteiger partial charge is 0.424 e. The number of ether oxygens (including phenoxy) is 1. The molecule has 22 heavy (non-hydrogen) atoms. The maximum atomic E-state index is 12.3. The molecule has 0 unspecified atom stereocenters. The molecular formula is C14H19N3O5. The average Bonchev–Trinajstić information content (AvgIpc) is 2.45. The summed E-state index contributed by atoms with van der Waals surface area (Å²) in [5.41, 5.74) is 4.38. The fraction of sp³-hybridized carbons (Fsp3) is 0.429. The average molecular weight is 309 g/mol. The van der Waals surface area contributed by atoms with Crippen LogP contribution in [-0.2, 0) is 9.53 Å². The summed E-state index contributed by atoms with van der Waals surface area (Å²) in [6.07, 6.45) is 0.175. The Kier molecular flexibility index (Phi) is 5.72. The maximum Gasteiger partial charge on any atom is 0.424 e. The van der Waals surface area contributed by atoms with Gasteiger partial charge in [-0.1, -0.05) is 6.07 Å². The van der Waals surface area contributed by atoms with E-state index in [1.54, 1.807) is 26.8 Å². The fourth-order valence-electron chi connectivity index (χ4n) is 1.43. The van der Waals surface area contributed by atoms with E-state index in [1.807, 2.05) is 0 Å². The van der Waals surface area contributed by atoms with Crippen LogP contribution in [0.15, 0.2) is 24.4 Å².